The van der Waals surface area contributed by atoms with Gasteiger partial charge < -0.3 is 14.8 Å². The van der Waals surface area contributed by atoms with Gasteiger partial charge in [-0.2, -0.15) is 0 Å². The van der Waals surface area contributed by atoms with Crippen LogP contribution in [0.4, 0.5) is 0 Å². The highest BCUT2D eigenvalue weighted by molar-refractivity contribution is 5.89. The van der Waals surface area contributed by atoms with Gasteiger partial charge in [-0.3, -0.25) is 5.41 Å². The van der Waals surface area contributed by atoms with E-state index >= 15 is 0 Å². The third-order valence-corrected chi connectivity index (χ3v) is 4.74. The number of phenolic OH excluding ortho intramolecular Hbond substituents is 1. The number of nitrogens with one attached hydrogen (secondary N) is 2. The van der Waals surface area contributed by atoms with Crippen molar-refractivity contribution in [1.29, 1.82) is 5.41 Å². The molecule has 0 bridgehead atoms. The monoisotopic (exact) mass is 375 g/mol. The minimum absolute atomic E-state index is 0.0260. The Bertz CT molecular complexity index is 1190. The molecule has 142 valence electrons. The van der Waals surface area contributed by atoms with E-state index in [2.05, 4.69) is 15.2 Å². The molecule has 0 radical (unpaired) electrons. The summed E-state index contributed by atoms with van der Waals surface area (Å²) < 4.78 is 7.37. The first-order chi connectivity index (χ1) is 13.5. The minimum Gasteiger partial charge on any atom is -0.508 e. The van der Waals surface area contributed by atoms with Gasteiger partial charge in [-0.25, -0.2) is 4.57 Å². The Morgan fingerprint density at radius 1 is 1.25 bits per heavy atom. The van der Waals surface area contributed by atoms with E-state index in [1.54, 1.807) is 13.0 Å². The zero-order chi connectivity index (χ0) is 19.8. The average Bonchev–Trinajstić information content (AvgIpc) is 3.28. The number of rotatable bonds is 4. The van der Waals surface area contributed by atoms with Crippen molar-refractivity contribution in [2.75, 3.05) is 0 Å². The van der Waals surface area contributed by atoms with Crippen molar-refractivity contribution in [3.05, 3.63) is 53.7 Å². The second-order valence-corrected chi connectivity index (χ2v) is 6.67. The Morgan fingerprint density at radius 3 is 2.82 bits per heavy atom. The maximum atomic E-state index is 10.2. The van der Waals surface area contributed by atoms with Crippen LogP contribution < -0.4 is 4.74 Å². The highest BCUT2D eigenvalue weighted by Gasteiger charge is 2.21. The van der Waals surface area contributed by atoms with Gasteiger partial charge in [0.15, 0.2) is 11.7 Å². The molecule has 2 heterocycles. The Balaban J connectivity index is 2.02. The van der Waals surface area contributed by atoms with Crippen LogP contribution in [-0.4, -0.2) is 30.8 Å². The van der Waals surface area contributed by atoms with Crippen molar-refractivity contribution >= 4 is 16.8 Å². The topological polar surface area (TPSA) is 99.8 Å². The molecule has 0 aliphatic carbocycles. The summed E-state index contributed by atoms with van der Waals surface area (Å²) in [6.07, 6.45) is 2.57. The van der Waals surface area contributed by atoms with Crippen molar-refractivity contribution < 1.29 is 9.84 Å². The van der Waals surface area contributed by atoms with Crippen LogP contribution in [0.5, 0.6) is 11.8 Å². The van der Waals surface area contributed by atoms with Crippen LogP contribution >= 0.6 is 0 Å². The number of nitrogens with zero attached hydrogens (tertiary/aromatic N) is 3. The van der Waals surface area contributed by atoms with Crippen LogP contribution in [-0.2, 0) is 6.42 Å². The molecule has 0 aliphatic rings. The molecule has 0 amide bonds. The maximum Gasteiger partial charge on any atom is 0.328 e. The molecule has 0 saturated carbocycles. The molecule has 2 aromatic heterocycles. The number of aromatic hydroxyl groups is 1. The summed E-state index contributed by atoms with van der Waals surface area (Å²) in [4.78, 5) is 3.21. The first-order valence-corrected chi connectivity index (χ1v) is 9.07. The maximum absolute atomic E-state index is 10.2. The Labute approximate surface area is 162 Å². The minimum atomic E-state index is 0.0260. The molecule has 2 aromatic carbocycles. The average molecular weight is 375 g/mol. The SMILES string of the molecule is CCc1cc(-c2nnc(OC(C)=N)n2-c2cccc3[nH]ccc23)c(C)cc1O. The summed E-state index contributed by atoms with van der Waals surface area (Å²) in [7, 11) is 0. The van der Waals surface area contributed by atoms with E-state index in [-0.39, 0.29) is 17.7 Å². The number of H-pyrrole nitrogens is 1. The summed E-state index contributed by atoms with van der Waals surface area (Å²) in [6.45, 7) is 5.47. The van der Waals surface area contributed by atoms with Crippen LogP contribution in [0.1, 0.15) is 25.0 Å². The van der Waals surface area contributed by atoms with E-state index in [1.165, 1.54) is 0 Å². The normalized spacial score (nSPS) is 11.1. The van der Waals surface area contributed by atoms with Crippen molar-refractivity contribution in [2.45, 2.75) is 27.2 Å². The van der Waals surface area contributed by atoms with Gasteiger partial charge >= 0.3 is 6.01 Å². The number of aromatic amines is 1. The lowest BCUT2D eigenvalue weighted by molar-refractivity contribution is 0.468. The van der Waals surface area contributed by atoms with Crippen LogP contribution in [0, 0.1) is 12.3 Å². The number of ether oxygens (including phenoxy) is 1. The van der Waals surface area contributed by atoms with Crippen LogP contribution in [0.25, 0.3) is 28.0 Å². The number of benzene rings is 2. The summed E-state index contributed by atoms with van der Waals surface area (Å²) in [5, 5.41) is 27.5. The summed E-state index contributed by atoms with van der Waals surface area (Å²) in [5.41, 5.74) is 4.39. The highest BCUT2D eigenvalue weighted by Crippen LogP contribution is 2.34. The van der Waals surface area contributed by atoms with Gasteiger partial charge in [-0.05, 0) is 54.8 Å². The number of aromatic nitrogens is 4. The zero-order valence-electron chi connectivity index (χ0n) is 15.9. The quantitative estimate of drug-likeness (QED) is 0.364. The number of hydrogen-bond acceptors (Lipinski definition) is 5. The van der Waals surface area contributed by atoms with Gasteiger partial charge in [0.2, 0.25) is 0 Å². The third kappa shape index (κ3) is 2.90. The molecule has 28 heavy (non-hydrogen) atoms. The number of aryl methyl sites for hydroxylation is 2. The van der Waals surface area contributed by atoms with Crippen molar-refractivity contribution in [3.63, 3.8) is 0 Å². The van der Waals surface area contributed by atoms with E-state index in [4.69, 9.17) is 10.1 Å². The molecule has 0 saturated heterocycles. The fourth-order valence-corrected chi connectivity index (χ4v) is 3.39. The molecule has 0 spiro atoms. The Kier molecular flexibility index (Phi) is 4.35. The predicted octanol–water partition coefficient (Wildman–Crippen LogP) is 4.37. The second-order valence-electron chi connectivity index (χ2n) is 6.67. The Morgan fingerprint density at radius 2 is 2.07 bits per heavy atom. The molecule has 0 unspecified atom stereocenters. The first-order valence-electron chi connectivity index (χ1n) is 9.07. The second kappa shape index (κ2) is 6.84. The van der Waals surface area contributed by atoms with Crippen LogP contribution in [0.3, 0.4) is 0 Å². The molecule has 4 aromatic rings. The summed E-state index contributed by atoms with van der Waals surface area (Å²) >= 11 is 0. The molecule has 7 nitrogen and oxygen atoms in total. The number of fused-ring (bicyclic) bond motifs is 1. The van der Waals surface area contributed by atoms with Gasteiger partial charge in [-0.15, -0.1) is 5.10 Å². The van der Waals surface area contributed by atoms with Crippen LogP contribution in [0.15, 0.2) is 42.6 Å². The molecule has 0 fully saturated rings. The number of phenols is 1. The molecular formula is C21H21N5O2. The largest absolute Gasteiger partial charge is 0.508 e. The summed E-state index contributed by atoms with van der Waals surface area (Å²) in [6, 6.07) is 11.8. The molecular weight excluding hydrogens is 354 g/mol. The van der Waals surface area contributed by atoms with Crippen molar-refractivity contribution in [2.24, 2.45) is 0 Å². The smallest absolute Gasteiger partial charge is 0.328 e. The Hall–Kier alpha value is -3.61. The molecule has 4 rings (SSSR count). The predicted molar refractivity (Wildman–Crippen MR) is 108 cm³/mol. The van der Waals surface area contributed by atoms with E-state index in [0.717, 1.165) is 33.3 Å². The molecule has 0 aliphatic heterocycles. The zero-order valence-corrected chi connectivity index (χ0v) is 15.9. The van der Waals surface area contributed by atoms with Gasteiger partial charge in [0.25, 0.3) is 0 Å². The lowest BCUT2D eigenvalue weighted by Gasteiger charge is -2.14. The van der Waals surface area contributed by atoms with Crippen molar-refractivity contribution in [3.8, 4) is 28.8 Å². The van der Waals surface area contributed by atoms with Gasteiger partial charge in [0, 0.05) is 29.6 Å². The van der Waals surface area contributed by atoms with E-state index in [9.17, 15) is 5.11 Å². The standard InChI is InChI=1S/C21H21N5O2/c1-4-14-11-16(12(2)10-19(14)27)20-24-25-21(28-13(3)22)26(20)18-7-5-6-17-15(18)8-9-23-17/h5-11,22-23,27H,4H2,1-3H3. The fourth-order valence-electron chi connectivity index (χ4n) is 3.39. The molecule has 3 N–H and O–H groups in total. The third-order valence-electron chi connectivity index (χ3n) is 4.74. The van der Waals surface area contributed by atoms with Crippen molar-refractivity contribution in [1.82, 2.24) is 19.7 Å². The van der Waals surface area contributed by atoms with Gasteiger partial charge in [0.05, 0.1) is 5.69 Å². The van der Waals surface area contributed by atoms with E-state index < -0.39 is 0 Å². The highest BCUT2D eigenvalue weighted by atomic mass is 16.5. The lowest BCUT2D eigenvalue weighted by Crippen LogP contribution is -2.08. The molecule has 0 atom stereocenters. The van der Waals surface area contributed by atoms with Gasteiger partial charge in [-0.1, -0.05) is 18.1 Å². The van der Waals surface area contributed by atoms with Crippen LogP contribution in [0.2, 0.25) is 0 Å². The van der Waals surface area contributed by atoms with E-state index in [1.807, 2.05) is 54.9 Å². The lowest BCUT2D eigenvalue weighted by atomic mass is 10.0. The summed E-state index contributed by atoms with van der Waals surface area (Å²) in [5.74, 6) is 0.893. The number of hydrogen-bond donors (Lipinski definition) is 3. The fraction of sp³-hybridized carbons (Fsp3) is 0.190. The first kappa shape index (κ1) is 17.8. The van der Waals surface area contributed by atoms with Gasteiger partial charge in [0.1, 0.15) is 5.75 Å². The molecule has 7 heteroatoms. The van der Waals surface area contributed by atoms with E-state index in [0.29, 0.717) is 12.2 Å².